The molecule has 0 aliphatic carbocycles. The van der Waals surface area contributed by atoms with Gasteiger partial charge in [-0.05, 0) is 43.2 Å². The molecule has 14 heteroatoms. The molecule has 4 amide bonds. The van der Waals surface area contributed by atoms with E-state index in [0.29, 0.717) is 31.4 Å². The zero-order chi connectivity index (χ0) is 27.1. The fourth-order valence-corrected chi connectivity index (χ4v) is 4.52. The molecular weight excluding hydrogens is 603 g/mol. The number of nitrogens with one attached hydrogen (secondary N) is 5. The van der Waals surface area contributed by atoms with E-state index in [2.05, 4.69) is 26.3 Å². The summed E-state index contributed by atoms with van der Waals surface area (Å²) >= 11 is 0. The molecule has 0 saturated carbocycles. The second-order valence-electron chi connectivity index (χ2n) is 10.4. The Balaban J connectivity index is 0. The van der Waals surface area contributed by atoms with Crippen molar-refractivity contribution >= 4 is 94.8 Å². The van der Waals surface area contributed by atoms with Gasteiger partial charge in [0.1, 0.15) is 24.1 Å². The van der Waals surface area contributed by atoms with Crippen LogP contribution in [0.1, 0.15) is 57.4 Å². The molecule has 1 aromatic heterocycles. The summed E-state index contributed by atoms with van der Waals surface area (Å²) in [5.74, 6) is -2.05. The van der Waals surface area contributed by atoms with Crippen LogP contribution in [0.5, 0.6) is 0 Å². The predicted molar refractivity (Wildman–Crippen MR) is 181 cm³/mol. The van der Waals surface area contributed by atoms with E-state index in [9.17, 15) is 24.0 Å². The molecule has 1 aliphatic rings. The van der Waals surface area contributed by atoms with Gasteiger partial charge in [-0.25, -0.2) is 0 Å². The lowest BCUT2D eigenvalue weighted by Crippen LogP contribution is -2.56. The molecule has 10 nitrogen and oxygen atoms in total. The van der Waals surface area contributed by atoms with Crippen molar-refractivity contribution in [3.63, 3.8) is 0 Å². The Morgan fingerprint density at radius 2 is 1.63 bits per heavy atom. The molecule has 0 spiro atoms. The molecule has 5 N–H and O–H groups in total. The van der Waals surface area contributed by atoms with Crippen LogP contribution < -0.4 is 21.3 Å². The van der Waals surface area contributed by atoms with Gasteiger partial charge < -0.3 is 31.0 Å². The number of aromatic amines is 1. The summed E-state index contributed by atoms with van der Waals surface area (Å²) in [4.78, 5) is 65.9. The van der Waals surface area contributed by atoms with Crippen molar-refractivity contribution in [1.82, 2.24) is 26.3 Å². The summed E-state index contributed by atoms with van der Waals surface area (Å²) in [6, 6.07) is 6.58. The van der Waals surface area contributed by atoms with E-state index in [0.717, 1.165) is 10.9 Å². The van der Waals surface area contributed by atoms with Gasteiger partial charge in [0.05, 0.1) is 6.04 Å². The summed E-state index contributed by atoms with van der Waals surface area (Å²) in [6.07, 6.45) is 1.78. The van der Waals surface area contributed by atoms with Gasteiger partial charge >= 0.3 is 0 Å². The number of rotatable bonds is 12. The van der Waals surface area contributed by atoms with Crippen molar-refractivity contribution < 1.29 is 24.0 Å². The zero-order valence-corrected chi connectivity index (χ0v) is 27.8. The number of fused-ring (bicyclic) bond motifs is 1. The molecule has 1 saturated heterocycles. The van der Waals surface area contributed by atoms with Crippen LogP contribution in [0.15, 0.2) is 30.3 Å². The van der Waals surface area contributed by atoms with Crippen molar-refractivity contribution in [1.29, 1.82) is 0 Å². The van der Waals surface area contributed by atoms with Crippen LogP contribution in [-0.4, -0.2) is 59.6 Å². The smallest absolute Gasteiger partial charge is 0.268 e. The second kappa shape index (κ2) is 19.0. The molecule has 1 fully saturated rings. The van der Waals surface area contributed by atoms with Crippen LogP contribution in [0, 0.1) is 17.8 Å². The first-order chi connectivity index (χ1) is 17.6. The van der Waals surface area contributed by atoms with E-state index in [4.69, 9.17) is 0 Å². The average molecular weight is 648 g/mol. The largest absolute Gasteiger partial charge is 0.356 e. The Labute approximate surface area is 269 Å². The third kappa shape index (κ3) is 11.5. The van der Waals surface area contributed by atoms with Crippen LogP contribution >= 0.6 is 54.0 Å². The molecule has 2 heterocycles. The minimum Gasteiger partial charge on any atom is -0.356 e. The number of para-hydroxylation sites is 1. The van der Waals surface area contributed by atoms with E-state index in [1.165, 1.54) is 0 Å². The molecule has 1 aromatic carbocycles. The third-order valence-electron chi connectivity index (χ3n) is 6.54. The van der Waals surface area contributed by atoms with Crippen molar-refractivity contribution in [3.8, 4) is 0 Å². The van der Waals surface area contributed by atoms with Crippen LogP contribution in [0.2, 0.25) is 0 Å². The lowest BCUT2D eigenvalue weighted by atomic mass is 9.97. The number of aromatic nitrogens is 1. The van der Waals surface area contributed by atoms with E-state index in [-0.39, 0.29) is 84.1 Å². The van der Waals surface area contributed by atoms with Crippen molar-refractivity contribution in [2.45, 2.75) is 65.1 Å². The SMILES string of the molecule is CC(C)C[C@H](NC(=O)[C@@H](NC(=O)c1cc2ccccc2[nH]1)C(C)C)C(=O)N[C@H](C=O)C[C@@H]1CCNC1=O.S.S.S.S. The van der Waals surface area contributed by atoms with Gasteiger partial charge in [0.2, 0.25) is 17.7 Å². The van der Waals surface area contributed by atoms with Crippen LogP contribution in [0.25, 0.3) is 10.9 Å². The molecule has 41 heavy (non-hydrogen) atoms. The Bertz CT molecular complexity index is 1130. The first-order valence-corrected chi connectivity index (χ1v) is 12.8. The number of H-pyrrole nitrogens is 1. The van der Waals surface area contributed by atoms with Crippen molar-refractivity contribution in [3.05, 3.63) is 36.0 Å². The molecule has 0 radical (unpaired) electrons. The molecule has 4 atom stereocenters. The Hall–Kier alpha value is -2.29. The molecular formula is C27H45N5O5S4. The van der Waals surface area contributed by atoms with Gasteiger partial charge in [0, 0.05) is 23.4 Å². The number of hydrogen-bond acceptors (Lipinski definition) is 5. The summed E-state index contributed by atoms with van der Waals surface area (Å²) < 4.78 is 0. The van der Waals surface area contributed by atoms with E-state index in [1.807, 2.05) is 52.0 Å². The first kappa shape index (κ1) is 40.8. The predicted octanol–water partition coefficient (Wildman–Crippen LogP) is 2.11. The summed E-state index contributed by atoms with van der Waals surface area (Å²) in [5.41, 5.74) is 1.15. The Kier molecular flexibility index (Phi) is 18.9. The standard InChI is InChI=1S/C27H37N5O5.4H2S/c1-15(2)11-21(25(35)29-19(14-33)12-18-9-10-28-24(18)34)31-27(37)23(16(3)4)32-26(36)22-13-17-7-5-6-8-20(17)30-22;;;;/h5-8,13-16,18-19,21,23,30H,9-12H2,1-4H3,(H,28,34)(H,29,35)(H,31,37)(H,32,36);4*1H2/t18-,19-,21-,23-;;;;/m0..../s1. The number of hydrogen-bond donors (Lipinski definition) is 5. The number of benzene rings is 1. The molecule has 2 aromatic rings. The Morgan fingerprint density at radius 3 is 2.17 bits per heavy atom. The molecule has 0 unspecified atom stereocenters. The van der Waals surface area contributed by atoms with Crippen LogP contribution in [0.4, 0.5) is 0 Å². The second-order valence-corrected chi connectivity index (χ2v) is 10.4. The average Bonchev–Trinajstić information content (AvgIpc) is 3.46. The van der Waals surface area contributed by atoms with Crippen molar-refractivity contribution in [2.75, 3.05) is 6.54 Å². The van der Waals surface area contributed by atoms with Crippen molar-refractivity contribution in [2.24, 2.45) is 17.8 Å². The minimum absolute atomic E-state index is 0. The molecule has 1 aliphatic heterocycles. The van der Waals surface area contributed by atoms with Crippen LogP contribution in [0.3, 0.4) is 0 Å². The summed E-state index contributed by atoms with van der Waals surface area (Å²) in [7, 11) is 0. The lowest BCUT2D eigenvalue weighted by Gasteiger charge is -2.27. The normalized spacial score (nSPS) is 16.0. The van der Waals surface area contributed by atoms with Gasteiger partial charge in [-0.15, -0.1) is 0 Å². The molecule has 3 rings (SSSR count). The van der Waals surface area contributed by atoms with E-state index >= 15 is 0 Å². The summed E-state index contributed by atoms with van der Waals surface area (Å²) in [5, 5.41) is 11.8. The highest BCUT2D eigenvalue weighted by Gasteiger charge is 2.32. The first-order valence-electron chi connectivity index (χ1n) is 12.8. The highest BCUT2D eigenvalue weighted by atomic mass is 32.1. The highest BCUT2D eigenvalue weighted by Crippen LogP contribution is 2.17. The number of aldehydes is 1. The fraction of sp³-hybridized carbons (Fsp3) is 0.519. The third-order valence-corrected chi connectivity index (χ3v) is 6.54. The fourth-order valence-electron chi connectivity index (χ4n) is 4.52. The van der Waals surface area contributed by atoms with Gasteiger partial charge in [0.25, 0.3) is 5.91 Å². The molecule has 0 bridgehead atoms. The minimum atomic E-state index is -0.904. The van der Waals surface area contributed by atoms with Gasteiger partial charge in [-0.3, -0.25) is 19.2 Å². The Morgan fingerprint density at radius 1 is 0.976 bits per heavy atom. The van der Waals surface area contributed by atoms with Crippen LogP contribution in [-0.2, 0) is 19.2 Å². The number of carbonyl (C=O) groups is 5. The van der Waals surface area contributed by atoms with Gasteiger partial charge in [-0.2, -0.15) is 54.0 Å². The zero-order valence-electron chi connectivity index (χ0n) is 23.8. The van der Waals surface area contributed by atoms with E-state index < -0.39 is 35.8 Å². The maximum Gasteiger partial charge on any atom is 0.268 e. The maximum absolute atomic E-state index is 13.3. The summed E-state index contributed by atoms with van der Waals surface area (Å²) in [6.45, 7) is 8.01. The quantitative estimate of drug-likeness (QED) is 0.224. The van der Waals surface area contributed by atoms with Gasteiger partial charge in [0.15, 0.2) is 0 Å². The van der Waals surface area contributed by atoms with Gasteiger partial charge in [-0.1, -0.05) is 45.9 Å². The van der Waals surface area contributed by atoms with E-state index in [1.54, 1.807) is 6.07 Å². The maximum atomic E-state index is 13.3. The highest BCUT2D eigenvalue weighted by molar-refractivity contribution is 7.59. The number of amides is 4. The number of carbonyl (C=O) groups excluding carboxylic acids is 5. The topological polar surface area (TPSA) is 149 Å². The lowest BCUT2D eigenvalue weighted by molar-refractivity contribution is -0.132. The monoisotopic (exact) mass is 647 g/mol. The molecule has 232 valence electrons.